The molecule has 0 unspecified atom stereocenters. The molecule has 0 saturated heterocycles. The quantitative estimate of drug-likeness (QED) is 0.887. The van der Waals surface area contributed by atoms with E-state index in [1.165, 1.54) is 12.1 Å². The molecule has 0 amide bonds. The SMILES string of the molecule is Cc1c(Cl)cccc1S(=O)(=O)Nc1ccc(F)nc1. The van der Waals surface area contributed by atoms with E-state index in [9.17, 15) is 12.8 Å². The minimum Gasteiger partial charge on any atom is -0.278 e. The number of nitrogens with one attached hydrogen (secondary N) is 1. The van der Waals surface area contributed by atoms with Gasteiger partial charge in [-0.1, -0.05) is 17.7 Å². The van der Waals surface area contributed by atoms with Crippen LogP contribution >= 0.6 is 11.6 Å². The highest BCUT2D eigenvalue weighted by Crippen LogP contribution is 2.24. The van der Waals surface area contributed by atoms with Gasteiger partial charge in [-0.25, -0.2) is 13.4 Å². The summed E-state index contributed by atoms with van der Waals surface area (Å²) in [6.45, 7) is 1.61. The Hall–Kier alpha value is -1.66. The van der Waals surface area contributed by atoms with Gasteiger partial charge in [0.05, 0.1) is 16.8 Å². The second-order valence-corrected chi connectivity index (χ2v) is 5.90. The van der Waals surface area contributed by atoms with Gasteiger partial charge in [0.2, 0.25) is 5.95 Å². The molecule has 1 aromatic heterocycles. The molecular formula is C12H10ClFN2O2S. The Kier molecular flexibility index (Phi) is 3.73. The number of aromatic nitrogens is 1. The van der Waals surface area contributed by atoms with Crippen LogP contribution in [0.5, 0.6) is 0 Å². The number of rotatable bonds is 3. The average molecular weight is 301 g/mol. The number of pyridine rings is 1. The minimum atomic E-state index is -3.78. The van der Waals surface area contributed by atoms with E-state index in [4.69, 9.17) is 11.6 Å². The molecule has 0 saturated carbocycles. The van der Waals surface area contributed by atoms with E-state index < -0.39 is 16.0 Å². The fraction of sp³-hybridized carbons (Fsp3) is 0.0833. The lowest BCUT2D eigenvalue weighted by Crippen LogP contribution is -2.14. The van der Waals surface area contributed by atoms with Crippen molar-refractivity contribution in [1.82, 2.24) is 4.98 Å². The summed E-state index contributed by atoms with van der Waals surface area (Å²) in [5, 5.41) is 0.361. The Bertz CT molecular complexity index is 702. The summed E-state index contributed by atoms with van der Waals surface area (Å²) in [5.74, 6) is -0.679. The molecule has 7 heteroatoms. The van der Waals surface area contributed by atoms with E-state index in [1.54, 1.807) is 19.1 Å². The fourth-order valence-electron chi connectivity index (χ4n) is 1.53. The van der Waals surface area contributed by atoms with Crippen LogP contribution in [0.1, 0.15) is 5.56 Å². The standard InChI is InChI=1S/C12H10ClFN2O2S/c1-8-10(13)3-2-4-11(8)19(17,18)16-9-5-6-12(14)15-7-9/h2-7,16H,1H3. The maximum atomic E-state index is 12.7. The van der Waals surface area contributed by atoms with Crippen molar-refractivity contribution in [3.63, 3.8) is 0 Å². The monoisotopic (exact) mass is 300 g/mol. The molecule has 0 spiro atoms. The molecule has 19 heavy (non-hydrogen) atoms. The molecule has 1 N–H and O–H groups in total. The number of hydrogen-bond acceptors (Lipinski definition) is 3. The Morgan fingerprint density at radius 1 is 1.26 bits per heavy atom. The summed E-state index contributed by atoms with van der Waals surface area (Å²) >= 11 is 5.89. The topological polar surface area (TPSA) is 59.1 Å². The zero-order valence-electron chi connectivity index (χ0n) is 9.89. The molecule has 100 valence electrons. The van der Waals surface area contributed by atoms with Crippen molar-refractivity contribution in [2.75, 3.05) is 4.72 Å². The molecule has 0 aliphatic carbocycles. The highest BCUT2D eigenvalue weighted by atomic mass is 35.5. The van der Waals surface area contributed by atoms with E-state index in [2.05, 4.69) is 9.71 Å². The molecule has 0 aliphatic heterocycles. The molecule has 0 aliphatic rings. The van der Waals surface area contributed by atoms with Crippen LogP contribution in [0.25, 0.3) is 0 Å². The van der Waals surface area contributed by atoms with Gasteiger partial charge in [-0.15, -0.1) is 0 Å². The van der Waals surface area contributed by atoms with Crippen LogP contribution in [0.4, 0.5) is 10.1 Å². The van der Waals surface area contributed by atoms with Crippen LogP contribution in [0, 0.1) is 12.9 Å². The average Bonchev–Trinajstić information content (AvgIpc) is 2.35. The number of benzene rings is 1. The molecular weight excluding hydrogens is 291 g/mol. The number of hydrogen-bond donors (Lipinski definition) is 1. The predicted molar refractivity (Wildman–Crippen MR) is 71.2 cm³/mol. The van der Waals surface area contributed by atoms with Gasteiger partial charge in [0.1, 0.15) is 0 Å². The number of anilines is 1. The number of halogens is 2. The summed E-state index contributed by atoms with van der Waals surface area (Å²) in [6, 6.07) is 6.96. The predicted octanol–water partition coefficient (Wildman–Crippen LogP) is 2.98. The molecule has 4 nitrogen and oxygen atoms in total. The molecule has 2 rings (SSSR count). The van der Waals surface area contributed by atoms with Crippen molar-refractivity contribution in [3.8, 4) is 0 Å². The van der Waals surface area contributed by atoms with Crippen LogP contribution < -0.4 is 4.72 Å². The van der Waals surface area contributed by atoms with Crippen LogP contribution in [-0.2, 0) is 10.0 Å². The van der Waals surface area contributed by atoms with Crippen LogP contribution in [0.2, 0.25) is 5.02 Å². The van der Waals surface area contributed by atoms with Crippen molar-refractivity contribution in [2.24, 2.45) is 0 Å². The first-order valence-electron chi connectivity index (χ1n) is 5.29. The molecule has 0 bridgehead atoms. The first-order chi connectivity index (χ1) is 8.90. The molecule has 2 aromatic rings. The Morgan fingerprint density at radius 3 is 2.63 bits per heavy atom. The molecule has 0 fully saturated rings. The second kappa shape index (κ2) is 5.14. The third kappa shape index (κ3) is 3.02. The number of sulfonamides is 1. The van der Waals surface area contributed by atoms with E-state index in [0.717, 1.165) is 12.3 Å². The van der Waals surface area contributed by atoms with Gasteiger partial charge in [-0.05, 0) is 36.8 Å². The third-order valence-electron chi connectivity index (χ3n) is 2.49. The smallest absolute Gasteiger partial charge is 0.262 e. The largest absolute Gasteiger partial charge is 0.278 e. The van der Waals surface area contributed by atoms with Gasteiger partial charge in [0, 0.05) is 5.02 Å². The zero-order valence-corrected chi connectivity index (χ0v) is 11.5. The summed E-state index contributed by atoms with van der Waals surface area (Å²) < 4.78 is 39.3. The van der Waals surface area contributed by atoms with Crippen molar-refractivity contribution in [1.29, 1.82) is 0 Å². The van der Waals surface area contributed by atoms with Crippen LogP contribution in [-0.4, -0.2) is 13.4 Å². The molecule has 0 radical (unpaired) electrons. The maximum absolute atomic E-state index is 12.7. The Labute approximate surface area is 115 Å². The molecule has 0 atom stereocenters. The van der Waals surface area contributed by atoms with Crippen molar-refractivity contribution < 1.29 is 12.8 Å². The van der Waals surface area contributed by atoms with E-state index in [0.29, 0.717) is 10.6 Å². The van der Waals surface area contributed by atoms with E-state index in [-0.39, 0.29) is 10.6 Å². The summed E-state index contributed by atoms with van der Waals surface area (Å²) in [7, 11) is -3.78. The third-order valence-corrected chi connectivity index (χ3v) is 4.42. The second-order valence-electron chi connectivity index (χ2n) is 3.84. The summed E-state index contributed by atoms with van der Waals surface area (Å²) in [5.41, 5.74) is 0.632. The first-order valence-corrected chi connectivity index (χ1v) is 7.16. The van der Waals surface area contributed by atoms with Crippen molar-refractivity contribution in [2.45, 2.75) is 11.8 Å². The lowest BCUT2D eigenvalue weighted by atomic mass is 10.2. The summed E-state index contributed by atoms with van der Waals surface area (Å²) in [6.07, 6.45) is 1.10. The highest BCUT2D eigenvalue weighted by molar-refractivity contribution is 7.92. The normalized spacial score (nSPS) is 11.3. The van der Waals surface area contributed by atoms with Crippen molar-refractivity contribution in [3.05, 3.63) is 53.1 Å². The van der Waals surface area contributed by atoms with Gasteiger partial charge in [0.15, 0.2) is 0 Å². The lowest BCUT2D eigenvalue weighted by Gasteiger charge is -2.10. The van der Waals surface area contributed by atoms with Gasteiger partial charge in [-0.3, -0.25) is 4.72 Å². The first kappa shape index (κ1) is 13.8. The zero-order chi connectivity index (χ0) is 14.0. The Balaban J connectivity index is 2.38. The fourth-order valence-corrected chi connectivity index (χ4v) is 3.07. The van der Waals surface area contributed by atoms with E-state index >= 15 is 0 Å². The molecule has 1 aromatic carbocycles. The van der Waals surface area contributed by atoms with Gasteiger partial charge in [0.25, 0.3) is 10.0 Å². The highest BCUT2D eigenvalue weighted by Gasteiger charge is 2.18. The van der Waals surface area contributed by atoms with Gasteiger partial charge >= 0.3 is 0 Å². The Morgan fingerprint density at radius 2 is 2.00 bits per heavy atom. The van der Waals surface area contributed by atoms with Crippen LogP contribution in [0.3, 0.4) is 0 Å². The van der Waals surface area contributed by atoms with E-state index in [1.807, 2.05) is 0 Å². The van der Waals surface area contributed by atoms with Gasteiger partial charge in [-0.2, -0.15) is 4.39 Å². The summed E-state index contributed by atoms with van der Waals surface area (Å²) in [4.78, 5) is 3.45. The lowest BCUT2D eigenvalue weighted by molar-refractivity contribution is 0.583. The van der Waals surface area contributed by atoms with Crippen molar-refractivity contribution >= 4 is 27.3 Å². The molecule has 1 heterocycles. The minimum absolute atomic E-state index is 0.0734. The maximum Gasteiger partial charge on any atom is 0.262 e. The van der Waals surface area contributed by atoms with Crippen LogP contribution in [0.15, 0.2) is 41.4 Å². The van der Waals surface area contributed by atoms with Gasteiger partial charge < -0.3 is 0 Å². The number of nitrogens with zero attached hydrogens (tertiary/aromatic N) is 1.